The molecule has 0 N–H and O–H groups in total. The van der Waals surface area contributed by atoms with E-state index in [4.69, 9.17) is 14.2 Å². The van der Waals surface area contributed by atoms with Crippen molar-refractivity contribution in [2.24, 2.45) is 5.92 Å². The van der Waals surface area contributed by atoms with Crippen LogP contribution in [0, 0.1) is 5.92 Å². The Morgan fingerprint density at radius 2 is 1.57 bits per heavy atom. The summed E-state index contributed by atoms with van der Waals surface area (Å²) in [4.78, 5) is 0. The fraction of sp³-hybridized carbons (Fsp3) is 1.00. The van der Waals surface area contributed by atoms with Gasteiger partial charge in [0, 0.05) is 5.92 Å². The molecule has 14 heavy (non-hydrogen) atoms. The first-order valence-electron chi connectivity index (χ1n) is 5.42. The third-order valence-electron chi connectivity index (χ3n) is 3.15. The quantitative estimate of drug-likeness (QED) is 0.638. The van der Waals surface area contributed by atoms with Crippen molar-refractivity contribution in [3.63, 3.8) is 0 Å². The smallest absolute Gasteiger partial charge is 0.163 e. The fourth-order valence-corrected chi connectivity index (χ4v) is 2.44. The second-order valence-electron chi connectivity index (χ2n) is 4.97. The molecule has 0 aliphatic carbocycles. The van der Waals surface area contributed by atoms with Crippen LogP contribution in [0.3, 0.4) is 0 Å². The van der Waals surface area contributed by atoms with Crippen molar-refractivity contribution in [3.8, 4) is 0 Å². The highest BCUT2D eigenvalue weighted by molar-refractivity contribution is 4.93. The lowest BCUT2D eigenvalue weighted by atomic mass is 9.96. The van der Waals surface area contributed by atoms with E-state index in [9.17, 15) is 0 Å². The molecule has 0 radical (unpaired) electrons. The van der Waals surface area contributed by atoms with Crippen molar-refractivity contribution in [3.05, 3.63) is 0 Å². The summed E-state index contributed by atoms with van der Waals surface area (Å²) in [5, 5.41) is 0. The summed E-state index contributed by atoms with van der Waals surface area (Å²) in [6.45, 7) is 10.3. The van der Waals surface area contributed by atoms with Crippen molar-refractivity contribution < 1.29 is 14.2 Å². The van der Waals surface area contributed by atoms with Crippen LogP contribution in [-0.4, -0.2) is 30.2 Å². The molecule has 2 aliphatic heterocycles. The number of epoxide rings is 1. The van der Waals surface area contributed by atoms with E-state index in [0.29, 0.717) is 18.1 Å². The zero-order valence-electron chi connectivity index (χ0n) is 9.61. The second-order valence-corrected chi connectivity index (χ2v) is 4.97. The Morgan fingerprint density at radius 3 is 1.93 bits per heavy atom. The average Bonchev–Trinajstić information content (AvgIpc) is 2.69. The molecule has 0 aromatic carbocycles. The molecule has 2 heterocycles. The molecule has 2 fully saturated rings. The first-order valence-corrected chi connectivity index (χ1v) is 5.42. The summed E-state index contributed by atoms with van der Waals surface area (Å²) in [5.41, 5.74) is 0. The van der Waals surface area contributed by atoms with Gasteiger partial charge in [-0.05, 0) is 27.7 Å². The molecule has 0 bridgehead atoms. The Balaban J connectivity index is 1.98. The molecule has 2 rings (SSSR count). The van der Waals surface area contributed by atoms with Gasteiger partial charge in [-0.2, -0.15) is 0 Å². The maximum Gasteiger partial charge on any atom is 0.163 e. The molecule has 2 saturated heterocycles. The summed E-state index contributed by atoms with van der Waals surface area (Å²) >= 11 is 0. The number of hydrogen-bond acceptors (Lipinski definition) is 3. The van der Waals surface area contributed by atoms with Crippen LogP contribution in [0.15, 0.2) is 0 Å². The molecule has 0 saturated carbocycles. The Labute approximate surface area is 85.7 Å². The third kappa shape index (κ3) is 1.81. The normalized spacial score (nSPS) is 47.8. The molecule has 3 nitrogen and oxygen atoms in total. The lowest BCUT2D eigenvalue weighted by molar-refractivity contribution is -0.149. The largest absolute Gasteiger partial charge is 0.369 e. The topological polar surface area (TPSA) is 31.0 Å². The van der Waals surface area contributed by atoms with E-state index in [1.165, 1.54) is 0 Å². The van der Waals surface area contributed by atoms with Gasteiger partial charge in [0.05, 0.1) is 24.4 Å². The predicted molar refractivity (Wildman–Crippen MR) is 53.0 cm³/mol. The SMILES string of the molecule is C[C@@H]([C@@H]1OC(C)(C)O[C@H]1C)[C@@H]1O[C@@H]1C. The predicted octanol–water partition coefficient (Wildman–Crippen LogP) is 1.95. The monoisotopic (exact) mass is 200 g/mol. The average molecular weight is 200 g/mol. The lowest BCUT2D eigenvalue weighted by Gasteiger charge is -2.20. The van der Waals surface area contributed by atoms with Gasteiger partial charge in [-0.15, -0.1) is 0 Å². The summed E-state index contributed by atoms with van der Waals surface area (Å²) in [7, 11) is 0. The number of ether oxygens (including phenoxy) is 3. The molecule has 82 valence electrons. The minimum Gasteiger partial charge on any atom is -0.369 e. The van der Waals surface area contributed by atoms with E-state index in [1.807, 2.05) is 13.8 Å². The minimum atomic E-state index is -0.434. The zero-order valence-corrected chi connectivity index (χ0v) is 9.61. The lowest BCUT2D eigenvalue weighted by Crippen LogP contribution is -2.31. The first-order chi connectivity index (χ1) is 6.41. The van der Waals surface area contributed by atoms with Gasteiger partial charge in [-0.1, -0.05) is 6.92 Å². The number of rotatable bonds is 2. The van der Waals surface area contributed by atoms with Crippen LogP contribution in [0.25, 0.3) is 0 Å². The third-order valence-corrected chi connectivity index (χ3v) is 3.15. The summed E-state index contributed by atoms with van der Waals surface area (Å²) < 4.78 is 17.1. The van der Waals surface area contributed by atoms with Crippen LogP contribution >= 0.6 is 0 Å². The molecule has 0 aromatic heterocycles. The van der Waals surface area contributed by atoms with Crippen molar-refractivity contribution in [1.29, 1.82) is 0 Å². The van der Waals surface area contributed by atoms with Gasteiger partial charge in [-0.25, -0.2) is 0 Å². The summed E-state index contributed by atoms with van der Waals surface area (Å²) in [5.74, 6) is -0.0157. The minimum absolute atomic E-state index is 0.163. The van der Waals surface area contributed by atoms with Gasteiger partial charge in [0.25, 0.3) is 0 Å². The van der Waals surface area contributed by atoms with Crippen LogP contribution in [0.5, 0.6) is 0 Å². The molecule has 0 unspecified atom stereocenters. The molecule has 0 amide bonds. The molecule has 3 heteroatoms. The summed E-state index contributed by atoms with van der Waals surface area (Å²) in [6.07, 6.45) is 1.08. The van der Waals surface area contributed by atoms with Crippen LogP contribution in [0.4, 0.5) is 0 Å². The van der Waals surface area contributed by atoms with E-state index in [-0.39, 0.29) is 12.2 Å². The van der Waals surface area contributed by atoms with E-state index in [0.717, 1.165) is 0 Å². The number of hydrogen-bond donors (Lipinski definition) is 0. The van der Waals surface area contributed by atoms with Crippen molar-refractivity contribution in [1.82, 2.24) is 0 Å². The Morgan fingerprint density at radius 1 is 1.00 bits per heavy atom. The maximum atomic E-state index is 5.87. The van der Waals surface area contributed by atoms with Gasteiger partial charge >= 0.3 is 0 Å². The highest BCUT2D eigenvalue weighted by atomic mass is 16.8. The van der Waals surface area contributed by atoms with Crippen molar-refractivity contribution >= 4 is 0 Å². The molecule has 2 aliphatic rings. The van der Waals surface area contributed by atoms with E-state index < -0.39 is 5.79 Å². The van der Waals surface area contributed by atoms with Gasteiger partial charge in [-0.3, -0.25) is 0 Å². The molecular formula is C11H20O3. The van der Waals surface area contributed by atoms with Gasteiger partial charge in [0.1, 0.15) is 0 Å². The van der Waals surface area contributed by atoms with Crippen LogP contribution in [0.2, 0.25) is 0 Å². The molecular weight excluding hydrogens is 180 g/mol. The van der Waals surface area contributed by atoms with Crippen molar-refractivity contribution in [2.75, 3.05) is 0 Å². The first kappa shape index (κ1) is 10.4. The Bertz CT molecular complexity index is 227. The van der Waals surface area contributed by atoms with Crippen LogP contribution < -0.4 is 0 Å². The Hall–Kier alpha value is -0.120. The zero-order chi connectivity index (χ0) is 10.5. The van der Waals surface area contributed by atoms with Crippen molar-refractivity contribution in [2.45, 2.75) is 64.8 Å². The van der Waals surface area contributed by atoms with E-state index in [1.54, 1.807) is 0 Å². The maximum absolute atomic E-state index is 5.87. The van der Waals surface area contributed by atoms with Crippen LogP contribution in [-0.2, 0) is 14.2 Å². The van der Waals surface area contributed by atoms with E-state index >= 15 is 0 Å². The molecule has 0 spiro atoms. The second kappa shape index (κ2) is 3.19. The highest BCUT2D eigenvalue weighted by Gasteiger charge is 2.49. The molecule has 5 atom stereocenters. The van der Waals surface area contributed by atoms with Crippen LogP contribution in [0.1, 0.15) is 34.6 Å². The van der Waals surface area contributed by atoms with Gasteiger partial charge in [0.2, 0.25) is 0 Å². The van der Waals surface area contributed by atoms with Gasteiger partial charge < -0.3 is 14.2 Å². The summed E-state index contributed by atoms with van der Waals surface area (Å²) in [6, 6.07) is 0. The highest BCUT2D eigenvalue weighted by Crippen LogP contribution is 2.39. The van der Waals surface area contributed by atoms with Gasteiger partial charge in [0.15, 0.2) is 5.79 Å². The molecule has 0 aromatic rings. The standard InChI is InChI=1S/C11H20O3/c1-6(9-7(2)12-9)10-8(3)13-11(4,5)14-10/h6-10H,1-5H3/t6-,7-,8+,9+,10+/m1/s1. The fourth-order valence-electron chi connectivity index (χ4n) is 2.44. The van der Waals surface area contributed by atoms with E-state index in [2.05, 4.69) is 20.8 Å². The Kier molecular flexibility index (Phi) is 2.37.